The molecular formula is C11H14N3O3-. The van der Waals surface area contributed by atoms with Crippen molar-refractivity contribution in [3.05, 3.63) is 35.0 Å². The van der Waals surface area contributed by atoms with Gasteiger partial charge >= 0.3 is 0 Å². The number of ether oxygens (including phenoxy) is 1. The van der Waals surface area contributed by atoms with Crippen LogP contribution >= 0.6 is 0 Å². The van der Waals surface area contributed by atoms with Crippen LogP contribution in [0, 0.1) is 5.21 Å². The summed E-state index contributed by atoms with van der Waals surface area (Å²) in [6.45, 7) is 3.19. The Labute approximate surface area is 99.1 Å². The smallest absolute Gasteiger partial charge is 0.285 e. The Hall–Kier alpha value is -1.79. The van der Waals surface area contributed by atoms with E-state index in [0.717, 1.165) is 5.56 Å². The highest BCUT2D eigenvalue weighted by atomic mass is 16.8. The molecule has 0 radical (unpaired) electrons. The van der Waals surface area contributed by atoms with Crippen molar-refractivity contribution in [2.45, 2.75) is 13.0 Å². The highest BCUT2D eigenvalue weighted by molar-refractivity contribution is 5.75. The summed E-state index contributed by atoms with van der Waals surface area (Å²) in [6, 6.07) is 7.19. The van der Waals surface area contributed by atoms with E-state index >= 15 is 0 Å². The molecule has 1 heterocycles. The van der Waals surface area contributed by atoms with Crippen LogP contribution in [0.25, 0.3) is 0 Å². The lowest BCUT2D eigenvalue weighted by atomic mass is 10.1. The Morgan fingerprint density at radius 1 is 1.59 bits per heavy atom. The molecule has 1 aliphatic heterocycles. The van der Waals surface area contributed by atoms with Gasteiger partial charge < -0.3 is 20.5 Å². The van der Waals surface area contributed by atoms with Crippen LogP contribution < -0.4 is 10.5 Å². The van der Waals surface area contributed by atoms with E-state index in [9.17, 15) is 5.21 Å². The lowest BCUT2D eigenvalue weighted by molar-refractivity contribution is 0.296. The second-order valence-electron chi connectivity index (χ2n) is 3.77. The van der Waals surface area contributed by atoms with Crippen LogP contribution in [0.5, 0.6) is 0 Å². The number of amidine groups is 1. The number of anilines is 1. The first-order valence-corrected chi connectivity index (χ1v) is 5.36. The van der Waals surface area contributed by atoms with Crippen molar-refractivity contribution in [2.24, 2.45) is 4.99 Å². The molecule has 0 saturated heterocycles. The molecule has 1 aromatic rings. The molecule has 6 heteroatoms. The summed E-state index contributed by atoms with van der Waals surface area (Å²) >= 11 is 0. The third-order valence-corrected chi connectivity index (χ3v) is 2.52. The fraction of sp³-hybridized carbons (Fsp3) is 0.364. The van der Waals surface area contributed by atoms with E-state index in [0.29, 0.717) is 19.2 Å². The normalized spacial score (nSPS) is 16.1. The summed E-state index contributed by atoms with van der Waals surface area (Å²) in [6.07, 6.45) is 0. The zero-order valence-corrected chi connectivity index (χ0v) is 9.46. The van der Waals surface area contributed by atoms with E-state index in [-0.39, 0.29) is 17.0 Å². The Bertz CT molecular complexity index is 420. The number of nitrogens with zero attached hydrogens (tertiary/aromatic N) is 2. The van der Waals surface area contributed by atoms with Gasteiger partial charge in [0.05, 0.1) is 18.3 Å². The van der Waals surface area contributed by atoms with Crippen LogP contribution in [0.3, 0.4) is 0 Å². The molecule has 1 aromatic carbocycles. The molecule has 0 aliphatic carbocycles. The molecule has 0 bridgehead atoms. The Kier molecular flexibility index (Phi) is 3.46. The summed E-state index contributed by atoms with van der Waals surface area (Å²) in [5, 5.41) is 22.5. The molecule has 6 nitrogen and oxygen atoms in total. The van der Waals surface area contributed by atoms with E-state index in [4.69, 9.17) is 9.94 Å². The first kappa shape index (κ1) is 11.7. The minimum atomic E-state index is -0.153. The quantitative estimate of drug-likeness (QED) is 0.776. The number of hydrogen-bond donors (Lipinski definition) is 2. The van der Waals surface area contributed by atoms with Crippen molar-refractivity contribution >= 4 is 11.7 Å². The predicted octanol–water partition coefficient (Wildman–Crippen LogP) is 1.42. The van der Waals surface area contributed by atoms with Crippen molar-refractivity contribution in [1.82, 2.24) is 5.32 Å². The number of aliphatic imine (C=N–C) groups is 1. The fourth-order valence-corrected chi connectivity index (χ4v) is 1.60. The molecule has 0 aromatic heterocycles. The van der Waals surface area contributed by atoms with Gasteiger partial charge in [0, 0.05) is 0 Å². The molecule has 17 heavy (non-hydrogen) atoms. The zero-order valence-electron chi connectivity index (χ0n) is 9.46. The molecule has 2 rings (SSSR count). The van der Waals surface area contributed by atoms with Gasteiger partial charge in [-0.25, -0.2) is 4.99 Å². The van der Waals surface area contributed by atoms with Gasteiger partial charge in [-0.15, -0.1) is 0 Å². The third kappa shape index (κ3) is 2.86. The molecule has 1 aliphatic rings. The van der Waals surface area contributed by atoms with Crippen molar-refractivity contribution in [1.29, 1.82) is 0 Å². The monoisotopic (exact) mass is 236 g/mol. The maximum absolute atomic E-state index is 10.8. The largest absolute Gasteiger partial charge is 0.733 e. The first-order chi connectivity index (χ1) is 8.16. The Morgan fingerprint density at radius 2 is 2.41 bits per heavy atom. The minimum absolute atomic E-state index is 0.0493. The van der Waals surface area contributed by atoms with Gasteiger partial charge in [-0.05, 0) is 24.6 Å². The van der Waals surface area contributed by atoms with E-state index in [1.165, 1.54) is 6.07 Å². The van der Waals surface area contributed by atoms with Crippen LogP contribution in [0.4, 0.5) is 5.69 Å². The number of hydrogen-bond acceptors (Lipinski definition) is 6. The van der Waals surface area contributed by atoms with Crippen molar-refractivity contribution < 1.29 is 9.94 Å². The van der Waals surface area contributed by atoms with Crippen LogP contribution in [-0.2, 0) is 4.74 Å². The maximum atomic E-state index is 10.8. The highest BCUT2D eigenvalue weighted by Gasteiger charge is 2.12. The summed E-state index contributed by atoms with van der Waals surface area (Å²) in [4.78, 5) is 4.12. The van der Waals surface area contributed by atoms with Gasteiger partial charge in [-0.2, -0.15) is 0 Å². The van der Waals surface area contributed by atoms with Gasteiger partial charge in [-0.1, -0.05) is 12.1 Å². The molecule has 1 atom stereocenters. The van der Waals surface area contributed by atoms with E-state index in [2.05, 4.69) is 10.3 Å². The Morgan fingerprint density at radius 3 is 3.06 bits per heavy atom. The lowest BCUT2D eigenvalue weighted by Gasteiger charge is -2.23. The van der Waals surface area contributed by atoms with E-state index < -0.39 is 0 Å². The minimum Gasteiger partial charge on any atom is -0.733 e. The second-order valence-corrected chi connectivity index (χ2v) is 3.77. The molecule has 0 fully saturated rings. The SMILES string of the molecule is CC(NC1=NCCO1)c1cccc(N([O-])O)c1. The van der Waals surface area contributed by atoms with Gasteiger partial charge in [0.2, 0.25) is 0 Å². The lowest BCUT2D eigenvalue weighted by Crippen LogP contribution is -2.26. The van der Waals surface area contributed by atoms with Gasteiger partial charge in [0.15, 0.2) is 0 Å². The standard InChI is InChI=1S/C11H14N3O3/c1-8(13-11-12-5-6-17-11)9-3-2-4-10(7-9)14(15)16/h2-4,7-8,15H,5-6H2,1H3,(H,12,13)/q-1. The predicted molar refractivity (Wildman–Crippen MR) is 63.9 cm³/mol. The highest BCUT2D eigenvalue weighted by Crippen LogP contribution is 2.19. The molecule has 2 N–H and O–H groups in total. The van der Waals surface area contributed by atoms with Crippen LogP contribution in [0.2, 0.25) is 0 Å². The van der Waals surface area contributed by atoms with Gasteiger partial charge in [0.25, 0.3) is 6.02 Å². The number of benzene rings is 1. The average Bonchev–Trinajstić information content (AvgIpc) is 2.82. The molecule has 0 amide bonds. The summed E-state index contributed by atoms with van der Waals surface area (Å²) in [5.74, 6) is 0. The zero-order chi connectivity index (χ0) is 12.3. The fourth-order valence-electron chi connectivity index (χ4n) is 1.60. The first-order valence-electron chi connectivity index (χ1n) is 5.36. The van der Waals surface area contributed by atoms with Crippen LogP contribution in [-0.4, -0.2) is 24.4 Å². The maximum Gasteiger partial charge on any atom is 0.285 e. The molecule has 92 valence electrons. The second kappa shape index (κ2) is 5.03. The number of nitrogens with one attached hydrogen (secondary N) is 1. The van der Waals surface area contributed by atoms with Crippen molar-refractivity contribution in [2.75, 3.05) is 18.4 Å². The van der Waals surface area contributed by atoms with Crippen molar-refractivity contribution in [3.8, 4) is 0 Å². The van der Waals surface area contributed by atoms with Gasteiger partial charge in [-0.3, -0.25) is 5.21 Å². The topological polar surface area (TPSA) is 80.2 Å². The van der Waals surface area contributed by atoms with E-state index in [1.54, 1.807) is 12.1 Å². The molecule has 0 saturated carbocycles. The van der Waals surface area contributed by atoms with E-state index in [1.807, 2.05) is 13.0 Å². The molecule has 0 spiro atoms. The summed E-state index contributed by atoms with van der Waals surface area (Å²) in [5.41, 5.74) is 1.07. The third-order valence-electron chi connectivity index (χ3n) is 2.52. The summed E-state index contributed by atoms with van der Waals surface area (Å²) in [7, 11) is 0. The van der Waals surface area contributed by atoms with Crippen LogP contribution in [0.15, 0.2) is 29.3 Å². The number of rotatable bonds is 3. The average molecular weight is 236 g/mol. The molecular weight excluding hydrogens is 222 g/mol. The van der Waals surface area contributed by atoms with Crippen LogP contribution in [0.1, 0.15) is 18.5 Å². The Balaban J connectivity index is 2.07. The van der Waals surface area contributed by atoms with Gasteiger partial charge in [0.1, 0.15) is 6.61 Å². The summed E-state index contributed by atoms with van der Waals surface area (Å²) < 4.78 is 5.24. The van der Waals surface area contributed by atoms with Crippen molar-refractivity contribution in [3.63, 3.8) is 0 Å². The molecule has 1 unspecified atom stereocenters.